The van der Waals surface area contributed by atoms with Crippen molar-refractivity contribution < 1.29 is 14.6 Å². The second-order valence-corrected chi connectivity index (χ2v) is 6.22. The Morgan fingerprint density at radius 2 is 1.92 bits per heavy atom. The molecule has 1 aromatic carbocycles. The Hall–Kier alpha value is -1.77. The number of phenolic OH excluding ortho intramolecular Hbond substituents is 1. The maximum atomic E-state index is 11.8. The Morgan fingerprint density at radius 3 is 2.67 bits per heavy atom. The van der Waals surface area contributed by atoms with E-state index >= 15 is 0 Å². The van der Waals surface area contributed by atoms with Gasteiger partial charge in [-0.05, 0) is 49.5 Å². The standard InChI is InChI=1S/C21H32O3/c1-3-5-6-7-8-12-19(22)13-10-9-11-18-14-15-20(23)21(17-18)24-16-4-2/h10,13-15,17,23H,3-9,11-12,16H2,1-2H3. The molecule has 1 rings (SSSR count). The molecule has 3 nitrogen and oxygen atoms in total. The molecule has 0 aromatic heterocycles. The predicted molar refractivity (Wildman–Crippen MR) is 99.7 cm³/mol. The van der Waals surface area contributed by atoms with Crippen molar-refractivity contribution in [2.24, 2.45) is 0 Å². The van der Waals surface area contributed by atoms with Crippen LogP contribution < -0.4 is 4.74 Å². The highest BCUT2D eigenvalue weighted by Crippen LogP contribution is 2.27. The maximum absolute atomic E-state index is 11.8. The highest BCUT2D eigenvalue weighted by Gasteiger charge is 2.03. The van der Waals surface area contributed by atoms with Crippen LogP contribution in [0.4, 0.5) is 0 Å². The molecule has 24 heavy (non-hydrogen) atoms. The van der Waals surface area contributed by atoms with Crippen molar-refractivity contribution in [3.63, 3.8) is 0 Å². The number of benzene rings is 1. The van der Waals surface area contributed by atoms with Gasteiger partial charge in [0.05, 0.1) is 6.61 Å². The molecular formula is C21H32O3. The molecule has 0 saturated carbocycles. The van der Waals surface area contributed by atoms with Gasteiger partial charge in [0, 0.05) is 6.42 Å². The van der Waals surface area contributed by atoms with E-state index in [9.17, 15) is 9.90 Å². The summed E-state index contributed by atoms with van der Waals surface area (Å²) in [6, 6.07) is 5.46. The summed E-state index contributed by atoms with van der Waals surface area (Å²) in [5.74, 6) is 0.951. The van der Waals surface area contributed by atoms with Crippen molar-refractivity contribution in [2.45, 2.75) is 71.6 Å². The molecular weight excluding hydrogens is 300 g/mol. The number of unbranched alkanes of at least 4 members (excludes halogenated alkanes) is 4. The lowest BCUT2D eigenvalue weighted by Crippen LogP contribution is -1.96. The molecule has 0 saturated heterocycles. The van der Waals surface area contributed by atoms with Crippen LogP contribution in [0.3, 0.4) is 0 Å². The van der Waals surface area contributed by atoms with Crippen LogP contribution in [0.5, 0.6) is 11.5 Å². The smallest absolute Gasteiger partial charge is 0.161 e. The normalized spacial score (nSPS) is 11.1. The van der Waals surface area contributed by atoms with Crippen LogP contribution in [-0.4, -0.2) is 17.5 Å². The number of phenols is 1. The fraction of sp³-hybridized carbons (Fsp3) is 0.571. The third-order valence-corrected chi connectivity index (χ3v) is 3.92. The number of aromatic hydroxyl groups is 1. The minimum Gasteiger partial charge on any atom is -0.504 e. The summed E-state index contributed by atoms with van der Waals surface area (Å²) in [4.78, 5) is 11.8. The molecule has 0 atom stereocenters. The van der Waals surface area contributed by atoms with E-state index in [1.165, 1.54) is 19.3 Å². The van der Waals surface area contributed by atoms with Crippen molar-refractivity contribution in [1.82, 2.24) is 0 Å². The van der Waals surface area contributed by atoms with Crippen LogP contribution in [0, 0.1) is 0 Å². The SMILES string of the molecule is CCCCCCCC(=O)C=CCCc1ccc(O)c(OCCC)c1. The number of hydrogen-bond donors (Lipinski definition) is 1. The summed E-state index contributed by atoms with van der Waals surface area (Å²) in [5, 5.41) is 9.76. The molecule has 0 fully saturated rings. The van der Waals surface area contributed by atoms with Gasteiger partial charge in [-0.1, -0.05) is 51.7 Å². The molecule has 0 aliphatic carbocycles. The monoisotopic (exact) mass is 332 g/mol. The Morgan fingerprint density at radius 1 is 1.12 bits per heavy atom. The number of hydrogen-bond acceptors (Lipinski definition) is 3. The van der Waals surface area contributed by atoms with Crippen molar-refractivity contribution in [3.05, 3.63) is 35.9 Å². The molecule has 134 valence electrons. The van der Waals surface area contributed by atoms with Gasteiger partial charge in [0.15, 0.2) is 17.3 Å². The Kier molecular flexibility index (Phi) is 10.7. The molecule has 0 spiro atoms. The van der Waals surface area contributed by atoms with Crippen molar-refractivity contribution >= 4 is 5.78 Å². The number of allylic oxidation sites excluding steroid dienone is 2. The van der Waals surface area contributed by atoms with Gasteiger partial charge in [0.25, 0.3) is 0 Å². The van der Waals surface area contributed by atoms with E-state index in [0.717, 1.165) is 37.7 Å². The van der Waals surface area contributed by atoms with Crippen LogP contribution >= 0.6 is 0 Å². The number of ether oxygens (including phenoxy) is 1. The first kappa shape index (κ1) is 20.3. The average molecular weight is 332 g/mol. The Labute approximate surface area is 146 Å². The third kappa shape index (κ3) is 8.76. The average Bonchev–Trinajstić information content (AvgIpc) is 2.58. The fourth-order valence-electron chi connectivity index (χ4n) is 2.49. The van der Waals surface area contributed by atoms with Gasteiger partial charge in [0.1, 0.15) is 0 Å². The van der Waals surface area contributed by atoms with E-state index in [1.54, 1.807) is 12.1 Å². The molecule has 0 aliphatic rings. The van der Waals surface area contributed by atoms with Crippen molar-refractivity contribution in [1.29, 1.82) is 0 Å². The molecule has 0 radical (unpaired) electrons. The zero-order chi connectivity index (χ0) is 17.6. The van der Waals surface area contributed by atoms with Crippen molar-refractivity contribution in [3.8, 4) is 11.5 Å². The van der Waals surface area contributed by atoms with Gasteiger partial charge >= 0.3 is 0 Å². The van der Waals surface area contributed by atoms with Gasteiger partial charge in [-0.2, -0.15) is 0 Å². The summed E-state index contributed by atoms with van der Waals surface area (Å²) in [6.45, 7) is 4.83. The second-order valence-electron chi connectivity index (χ2n) is 6.22. The predicted octanol–water partition coefficient (Wildman–Crippen LogP) is 5.60. The lowest BCUT2D eigenvalue weighted by atomic mass is 10.1. The second kappa shape index (κ2) is 12.6. The minimum absolute atomic E-state index is 0.181. The molecule has 3 heteroatoms. The number of carbonyl (C=O) groups excluding carboxylic acids is 1. The largest absolute Gasteiger partial charge is 0.504 e. The summed E-state index contributed by atoms with van der Waals surface area (Å²) >= 11 is 0. The van der Waals surface area contributed by atoms with E-state index in [1.807, 2.05) is 25.1 Å². The Balaban J connectivity index is 2.29. The lowest BCUT2D eigenvalue weighted by molar-refractivity contribution is -0.114. The number of aryl methyl sites for hydroxylation is 1. The van der Waals surface area contributed by atoms with Crippen LogP contribution in [0.2, 0.25) is 0 Å². The lowest BCUT2D eigenvalue weighted by Gasteiger charge is -2.08. The number of carbonyl (C=O) groups is 1. The van der Waals surface area contributed by atoms with Gasteiger partial charge in [-0.25, -0.2) is 0 Å². The van der Waals surface area contributed by atoms with Crippen LogP contribution in [0.25, 0.3) is 0 Å². The van der Waals surface area contributed by atoms with Gasteiger partial charge in [0.2, 0.25) is 0 Å². The van der Waals surface area contributed by atoms with Crippen LogP contribution in [0.15, 0.2) is 30.4 Å². The Bertz CT molecular complexity index is 506. The van der Waals surface area contributed by atoms with Crippen LogP contribution in [-0.2, 0) is 11.2 Å². The minimum atomic E-state index is 0.181. The van der Waals surface area contributed by atoms with Crippen LogP contribution in [0.1, 0.15) is 70.8 Å². The van der Waals surface area contributed by atoms with E-state index in [4.69, 9.17) is 4.74 Å². The van der Waals surface area contributed by atoms with E-state index < -0.39 is 0 Å². The summed E-state index contributed by atoms with van der Waals surface area (Å²) in [5.41, 5.74) is 1.11. The first-order valence-electron chi connectivity index (χ1n) is 9.31. The molecule has 1 N–H and O–H groups in total. The fourth-order valence-corrected chi connectivity index (χ4v) is 2.49. The molecule has 1 aromatic rings. The topological polar surface area (TPSA) is 46.5 Å². The van der Waals surface area contributed by atoms with E-state index in [-0.39, 0.29) is 11.5 Å². The zero-order valence-electron chi connectivity index (χ0n) is 15.2. The highest BCUT2D eigenvalue weighted by atomic mass is 16.5. The summed E-state index contributed by atoms with van der Waals surface area (Å²) < 4.78 is 5.52. The number of ketones is 1. The molecule has 0 heterocycles. The highest BCUT2D eigenvalue weighted by molar-refractivity contribution is 5.89. The molecule has 0 aliphatic heterocycles. The molecule has 0 amide bonds. The number of rotatable bonds is 13. The van der Waals surface area contributed by atoms with E-state index in [0.29, 0.717) is 18.8 Å². The van der Waals surface area contributed by atoms with Crippen molar-refractivity contribution in [2.75, 3.05) is 6.61 Å². The van der Waals surface area contributed by atoms with Gasteiger partial charge < -0.3 is 9.84 Å². The van der Waals surface area contributed by atoms with Gasteiger partial charge in [-0.15, -0.1) is 0 Å². The summed E-state index contributed by atoms with van der Waals surface area (Å²) in [6.07, 6.45) is 12.8. The maximum Gasteiger partial charge on any atom is 0.161 e. The quantitative estimate of drug-likeness (QED) is 0.378. The first-order chi connectivity index (χ1) is 11.7. The third-order valence-electron chi connectivity index (χ3n) is 3.92. The van der Waals surface area contributed by atoms with E-state index in [2.05, 4.69) is 6.92 Å². The van der Waals surface area contributed by atoms with Gasteiger partial charge in [-0.3, -0.25) is 4.79 Å². The zero-order valence-corrected chi connectivity index (χ0v) is 15.2. The summed E-state index contributed by atoms with van der Waals surface area (Å²) in [7, 11) is 0. The molecule has 0 bridgehead atoms. The molecule has 0 unspecified atom stereocenters. The first-order valence-corrected chi connectivity index (χ1v) is 9.31.